The molecule has 0 N–H and O–H groups in total. The molecule has 4 heteroatoms. The number of rotatable bonds is 3. The Morgan fingerprint density at radius 1 is 1.64 bits per heavy atom. The van der Waals surface area contributed by atoms with Gasteiger partial charge in [-0.1, -0.05) is 0 Å². The van der Waals surface area contributed by atoms with Gasteiger partial charge in [0.1, 0.15) is 12.2 Å². The van der Waals surface area contributed by atoms with Crippen molar-refractivity contribution < 1.29 is 4.74 Å². The molecule has 1 unspecified atom stereocenters. The molecule has 2 heterocycles. The van der Waals surface area contributed by atoms with E-state index in [0.717, 1.165) is 25.3 Å². The van der Waals surface area contributed by atoms with Crippen LogP contribution in [0, 0.1) is 0 Å². The van der Waals surface area contributed by atoms with Crippen LogP contribution in [0.25, 0.3) is 0 Å². The Morgan fingerprint density at radius 3 is 3.14 bits per heavy atom. The summed E-state index contributed by atoms with van der Waals surface area (Å²) >= 11 is 0. The lowest BCUT2D eigenvalue weighted by Crippen LogP contribution is -2.14. The summed E-state index contributed by atoms with van der Waals surface area (Å²) in [6.45, 7) is 5.19. The molecule has 0 saturated carbocycles. The van der Waals surface area contributed by atoms with Crippen molar-refractivity contribution in [2.45, 2.75) is 45.3 Å². The Kier molecular flexibility index (Phi) is 2.82. The van der Waals surface area contributed by atoms with Gasteiger partial charge in [0, 0.05) is 19.1 Å². The van der Waals surface area contributed by atoms with E-state index >= 15 is 0 Å². The molecule has 0 radical (unpaired) electrons. The van der Waals surface area contributed by atoms with Crippen LogP contribution in [0.1, 0.15) is 38.6 Å². The van der Waals surface area contributed by atoms with E-state index in [1.807, 2.05) is 0 Å². The molecule has 1 aliphatic heterocycles. The number of aromatic nitrogens is 3. The molecule has 0 spiro atoms. The number of hydrogen-bond acceptors (Lipinski definition) is 3. The highest BCUT2D eigenvalue weighted by molar-refractivity contribution is 4.91. The Labute approximate surface area is 84.3 Å². The van der Waals surface area contributed by atoms with Crippen molar-refractivity contribution in [1.29, 1.82) is 0 Å². The van der Waals surface area contributed by atoms with Crippen molar-refractivity contribution in [3.05, 3.63) is 12.2 Å². The van der Waals surface area contributed by atoms with Crippen LogP contribution in [0.15, 0.2) is 6.33 Å². The highest BCUT2D eigenvalue weighted by Gasteiger charge is 2.19. The zero-order valence-electron chi connectivity index (χ0n) is 8.81. The van der Waals surface area contributed by atoms with Gasteiger partial charge < -0.3 is 9.30 Å². The predicted octanol–water partition coefficient (Wildman–Crippen LogP) is 1.58. The van der Waals surface area contributed by atoms with Crippen molar-refractivity contribution >= 4 is 0 Å². The molecule has 14 heavy (non-hydrogen) atoms. The molecule has 0 aromatic carbocycles. The zero-order valence-corrected chi connectivity index (χ0v) is 8.81. The summed E-state index contributed by atoms with van der Waals surface area (Å²) in [5.74, 6) is 1.05. The molecule has 1 aliphatic rings. The largest absolute Gasteiger partial charge is 0.378 e. The fourth-order valence-corrected chi connectivity index (χ4v) is 1.85. The van der Waals surface area contributed by atoms with Gasteiger partial charge in [-0.3, -0.25) is 0 Å². The Hall–Kier alpha value is -0.900. The lowest BCUT2D eigenvalue weighted by atomic mass is 10.2. The molecular weight excluding hydrogens is 178 g/mol. The molecule has 2 rings (SSSR count). The molecule has 4 nitrogen and oxygen atoms in total. The lowest BCUT2D eigenvalue weighted by molar-refractivity contribution is 0.109. The van der Waals surface area contributed by atoms with Gasteiger partial charge in [-0.2, -0.15) is 0 Å². The number of nitrogens with zero attached hydrogens (tertiary/aromatic N) is 3. The van der Waals surface area contributed by atoms with Gasteiger partial charge in [-0.05, 0) is 26.7 Å². The minimum atomic E-state index is 0.358. The summed E-state index contributed by atoms with van der Waals surface area (Å²) < 4.78 is 7.69. The Morgan fingerprint density at radius 2 is 2.50 bits per heavy atom. The van der Waals surface area contributed by atoms with E-state index in [1.54, 1.807) is 6.33 Å². The van der Waals surface area contributed by atoms with Crippen LogP contribution in [0.4, 0.5) is 0 Å². The van der Waals surface area contributed by atoms with Gasteiger partial charge in [0.05, 0.1) is 6.10 Å². The first-order valence-electron chi connectivity index (χ1n) is 5.27. The normalized spacial score (nSPS) is 22.1. The van der Waals surface area contributed by atoms with Crippen molar-refractivity contribution in [3.8, 4) is 0 Å². The van der Waals surface area contributed by atoms with E-state index in [2.05, 4.69) is 28.6 Å². The third kappa shape index (κ3) is 1.95. The monoisotopic (exact) mass is 195 g/mol. The van der Waals surface area contributed by atoms with Gasteiger partial charge in [-0.15, -0.1) is 10.2 Å². The maximum atomic E-state index is 5.58. The van der Waals surface area contributed by atoms with E-state index in [4.69, 9.17) is 4.74 Å². The highest BCUT2D eigenvalue weighted by Crippen LogP contribution is 2.17. The molecule has 1 aromatic rings. The van der Waals surface area contributed by atoms with Gasteiger partial charge >= 0.3 is 0 Å². The second kappa shape index (κ2) is 4.09. The lowest BCUT2D eigenvalue weighted by Gasteiger charge is -2.12. The summed E-state index contributed by atoms with van der Waals surface area (Å²) in [7, 11) is 0. The van der Waals surface area contributed by atoms with Crippen LogP contribution in [-0.2, 0) is 11.2 Å². The Bertz CT molecular complexity index is 289. The fourth-order valence-electron chi connectivity index (χ4n) is 1.85. The SMILES string of the molecule is CC(C)n1cnnc1CC1CCCO1. The van der Waals surface area contributed by atoms with Crippen molar-refractivity contribution in [2.75, 3.05) is 6.61 Å². The molecule has 0 bridgehead atoms. The predicted molar refractivity (Wildman–Crippen MR) is 53.1 cm³/mol. The fraction of sp³-hybridized carbons (Fsp3) is 0.800. The molecule has 1 atom stereocenters. The molecule has 78 valence electrons. The smallest absolute Gasteiger partial charge is 0.135 e. The van der Waals surface area contributed by atoms with Crippen LogP contribution in [0.2, 0.25) is 0 Å². The van der Waals surface area contributed by atoms with E-state index < -0.39 is 0 Å². The van der Waals surface area contributed by atoms with E-state index in [9.17, 15) is 0 Å². The standard InChI is InChI=1S/C10H17N3O/c1-8(2)13-7-11-12-10(13)6-9-4-3-5-14-9/h7-9H,3-6H2,1-2H3. The minimum absolute atomic E-state index is 0.358. The summed E-state index contributed by atoms with van der Waals surface area (Å²) in [6, 6.07) is 0.432. The molecule has 1 aromatic heterocycles. The maximum absolute atomic E-state index is 5.58. The highest BCUT2D eigenvalue weighted by atomic mass is 16.5. The van der Waals surface area contributed by atoms with E-state index in [1.165, 1.54) is 6.42 Å². The van der Waals surface area contributed by atoms with Gasteiger partial charge in [-0.25, -0.2) is 0 Å². The molecule has 1 fully saturated rings. The minimum Gasteiger partial charge on any atom is -0.378 e. The van der Waals surface area contributed by atoms with Gasteiger partial charge in [0.15, 0.2) is 0 Å². The van der Waals surface area contributed by atoms with Crippen LogP contribution in [-0.4, -0.2) is 27.5 Å². The van der Waals surface area contributed by atoms with Crippen LogP contribution < -0.4 is 0 Å². The number of ether oxygens (including phenoxy) is 1. The zero-order chi connectivity index (χ0) is 9.97. The van der Waals surface area contributed by atoms with Crippen LogP contribution in [0.5, 0.6) is 0 Å². The summed E-state index contributed by atoms with van der Waals surface area (Å²) in [4.78, 5) is 0. The molecule has 0 amide bonds. The van der Waals surface area contributed by atoms with Crippen LogP contribution >= 0.6 is 0 Å². The van der Waals surface area contributed by atoms with Gasteiger partial charge in [0.25, 0.3) is 0 Å². The van der Waals surface area contributed by atoms with E-state index in [-0.39, 0.29) is 0 Å². The third-order valence-electron chi connectivity index (χ3n) is 2.64. The average Bonchev–Trinajstić information content (AvgIpc) is 2.75. The molecular formula is C10H17N3O. The maximum Gasteiger partial charge on any atom is 0.135 e. The second-order valence-corrected chi connectivity index (χ2v) is 4.09. The van der Waals surface area contributed by atoms with Crippen LogP contribution in [0.3, 0.4) is 0 Å². The van der Waals surface area contributed by atoms with Crippen molar-refractivity contribution in [1.82, 2.24) is 14.8 Å². The van der Waals surface area contributed by atoms with Crippen molar-refractivity contribution in [2.24, 2.45) is 0 Å². The average molecular weight is 195 g/mol. The summed E-state index contributed by atoms with van der Waals surface area (Å²) in [6.07, 6.45) is 5.40. The first-order valence-corrected chi connectivity index (χ1v) is 5.27. The second-order valence-electron chi connectivity index (χ2n) is 4.09. The number of hydrogen-bond donors (Lipinski definition) is 0. The first-order chi connectivity index (χ1) is 6.77. The van der Waals surface area contributed by atoms with Gasteiger partial charge in [0.2, 0.25) is 0 Å². The topological polar surface area (TPSA) is 39.9 Å². The summed E-state index contributed by atoms with van der Waals surface area (Å²) in [5, 5.41) is 8.08. The quantitative estimate of drug-likeness (QED) is 0.735. The van der Waals surface area contributed by atoms with E-state index in [0.29, 0.717) is 12.1 Å². The Balaban J connectivity index is 2.04. The summed E-state index contributed by atoms with van der Waals surface area (Å²) in [5.41, 5.74) is 0. The first kappa shape index (κ1) is 9.65. The third-order valence-corrected chi connectivity index (χ3v) is 2.64. The molecule has 1 saturated heterocycles. The van der Waals surface area contributed by atoms with Crippen molar-refractivity contribution in [3.63, 3.8) is 0 Å². The molecule has 0 aliphatic carbocycles.